The van der Waals surface area contributed by atoms with Gasteiger partial charge in [0.2, 0.25) is 0 Å². The molecule has 58 heavy (non-hydrogen) atoms. The van der Waals surface area contributed by atoms with Gasteiger partial charge in [-0.25, -0.2) is 0 Å². The van der Waals surface area contributed by atoms with Crippen LogP contribution in [0.3, 0.4) is 0 Å². The second-order valence-corrected chi connectivity index (χ2v) is 19.2. The van der Waals surface area contributed by atoms with Crippen LogP contribution in [0.15, 0.2) is 158 Å². The highest BCUT2D eigenvalue weighted by atomic mass is 15.2. The van der Waals surface area contributed by atoms with Gasteiger partial charge < -0.3 is 9.80 Å². The summed E-state index contributed by atoms with van der Waals surface area (Å²) in [6.07, 6.45) is 6.14. The molecule has 9 rings (SSSR count). The van der Waals surface area contributed by atoms with Crippen molar-refractivity contribution in [2.24, 2.45) is 0 Å². The van der Waals surface area contributed by atoms with Crippen LogP contribution in [0.5, 0.6) is 0 Å². The van der Waals surface area contributed by atoms with Gasteiger partial charge in [-0.3, -0.25) is 0 Å². The van der Waals surface area contributed by atoms with E-state index in [1.54, 1.807) is 0 Å². The minimum Gasteiger partial charge on any atom is -0.310 e. The van der Waals surface area contributed by atoms with E-state index in [4.69, 9.17) is 0 Å². The average Bonchev–Trinajstić information content (AvgIpc) is 3.39. The lowest BCUT2D eigenvalue weighted by molar-refractivity contribution is 0.590. The van der Waals surface area contributed by atoms with Crippen molar-refractivity contribution in [1.29, 1.82) is 0 Å². The van der Waals surface area contributed by atoms with Gasteiger partial charge in [0.05, 0.1) is 17.1 Å². The summed E-state index contributed by atoms with van der Waals surface area (Å²) in [7, 11) is 0. The van der Waals surface area contributed by atoms with Crippen molar-refractivity contribution in [3.8, 4) is 11.1 Å². The first-order valence-electron chi connectivity index (χ1n) is 20.9. The van der Waals surface area contributed by atoms with Gasteiger partial charge >= 0.3 is 0 Å². The molecule has 2 aliphatic heterocycles. The molecule has 0 N–H and O–H groups in total. The second-order valence-electron chi connectivity index (χ2n) is 19.2. The Kier molecular flexibility index (Phi) is 8.50. The Labute approximate surface area is 346 Å². The highest BCUT2D eigenvalue weighted by Crippen LogP contribution is 2.60. The van der Waals surface area contributed by atoms with Crippen molar-refractivity contribution in [3.05, 3.63) is 197 Å². The average molecular weight is 757 g/mol. The fraction of sp³-hybridized carbons (Fsp3) is 0.250. The van der Waals surface area contributed by atoms with E-state index in [1.807, 2.05) is 6.08 Å². The third kappa shape index (κ3) is 5.59. The van der Waals surface area contributed by atoms with Crippen molar-refractivity contribution < 1.29 is 0 Å². The molecule has 3 aliphatic rings. The standard InChI is InChI=1S/C56H56N2/c1-12-13-17-44-36(2)43-32-24-38(34-48(43)54(44,6)7)37-22-27-40(28-23-37)57(41-29-25-39(26-30-41)53(3,4)5)42-31-33-51-49(35-42)56(10,11)47-20-16-19-46-52(47)58(51)50-21-15-14-18-45(50)55(46,8)9/h12-35H,1H2,2-11H3/b17-13-. The number of nitrogens with zero attached hydrogens (tertiary/aromatic N) is 2. The van der Waals surface area contributed by atoms with E-state index in [0.717, 1.165) is 17.1 Å². The Balaban J connectivity index is 1.16. The van der Waals surface area contributed by atoms with E-state index in [1.165, 1.54) is 78.3 Å². The topological polar surface area (TPSA) is 6.48 Å². The lowest BCUT2D eigenvalue weighted by Crippen LogP contribution is -2.38. The van der Waals surface area contributed by atoms with Crippen molar-refractivity contribution in [1.82, 2.24) is 0 Å². The zero-order valence-corrected chi connectivity index (χ0v) is 36.0. The zero-order valence-electron chi connectivity index (χ0n) is 36.0. The molecule has 0 bridgehead atoms. The zero-order chi connectivity index (χ0) is 40.9. The third-order valence-corrected chi connectivity index (χ3v) is 13.6. The third-order valence-electron chi connectivity index (χ3n) is 13.6. The molecule has 0 saturated carbocycles. The fourth-order valence-electron chi connectivity index (χ4n) is 10.2. The number of hydrogen-bond acceptors (Lipinski definition) is 2. The number of rotatable bonds is 6. The first-order valence-corrected chi connectivity index (χ1v) is 20.9. The van der Waals surface area contributed by atoms with Crippen LogP contribution in [0.4, 0.5) is 34.1 Å². The lowest BCUT2D eigenvalue weighted by Gasteiger charge is -2.49. The Hall–Kier alpha value is -5.86. The summed E-state index contributed by atoms with van der Waals surface area (Å²) < 4.78 is 0. The van der Waals surface area contributed by atoms with Crippen LogP contribution in [-0.2, 0) is 21.7 Å². The number of allylic oxidation sites excluding steroid dienone is 5. The summed E-state index contributed by atoms with van der Waals surface area (Å²) in [5, 5.41) is 0. The summed E-state index contributed by atoms with van der Waals surface area (Å²) in [5.41, 5.74) is 21.6. The summed E-state index contributed by atoms with van der Waals surface area (Å²) in [6, 6.07) is 48.4. The molecule has 0 atom stereocenters. The van der Waals surface area contributed by atoms with Gasteiger partial charge in [-0.15, -0.1) is 0 Å². The summed E-state index contributed by atoms with van der Waals surface area (Å²) in [4.78, 5) is 4.98. The number of fused-ring (bicyclic) bond motifs is 5. The van der Waals surface area contributed by atoms with Gasteiger partial charge in [0.1, 0.15) is 0 Å². The van der Waals surface area contributed by atoms with E-state index in [2.05, 4.69) is 225 Å². The molecule has 0 radical (unpaired) electrons. The van der Waals surface area contributed by atoms with Gasteiger partial charge in [-0.2, -0.15) is 0 Å². The highest BCUT2D eigenvalue weighted by molar-refractivity contribution is 5.94. The molecule has 1 aliphatic carbocycles. The minimum absolute atomic E-state index is 0.0631. The quantitative estimate of drug-likeness (QED) is 0.156. The van der Waals surface area contributed by atoms with E-state index >= 15 is 0 Å². The molecule has 0 spiro atoms. The van der Waals surface area contributed by atoms with Crippen LogP contribution >= 0.6 is 0 Å². The van der Waals surface area contributed by atoms with Gasteiger partial charge in [0.15, 0.2) is 0 Å². The predicted molar refractivity (Wildman–Crippen MR) is 249 cm³/mol. The van der Waals surface area contributed by atoms with E-state index < -0.39 is 0 Å². The molecular weight excluding hydrogens is 701 g/mol. The molecule has 0 unspecified atom stereocenters. The maximum atomic E-state index is 3.91. The normalized spacial score (nSPS) is 16.8. The highest BCUT2D eigenvalue weighted by Gasteiger charge is 2.45. The van der Waals surface area contributed by atoms with Gasteiger partial charge in [0, 0.05) is 33.3 Å². The molecule has 6 aromatic rings. The first-order chi connectivity index (χ1) is 27.5. The van der Waals surface area contributed by atoms with Crippen molar-refractivity contribution in [2.75, 3.05) is 9.80 Å². The van der Waals surface area contributed by atoms with Gasteiger partial charge in [-0.1, -0.05) is 160 Å². The SMILES string of the molecule is C=C/C=C\C1=C(C)c2ccc(-c3ccc(N(c4ccc(C(C)(C)C)cc4)c4ccc5c(c4)C(C)(C)c4cccc6c4N5c4ccccc4C6(C)C)cc3)cc2C1(C)C. The molecule has 0 amide bonds. The Bertz CT molecular complexity index is 2690. The molecule has 290 valence electrons. The number of anilines is 6. The van der Waals surface area contributed by atoms with Crippen LogP contribution in [0.2, 0.25) is 0 Å². The maximum Gasteiger partial charge on any atom is 0.0543 e. The molecule has 2 heterocycles. The Morgan fingerprint density at radius 1 is 0.552 bits per heavy atom. The van der Waals surface area contributed by atoms with Crippen LogP contribution in [0, 0.1) is 0 Å². The number of para-hydroxylation sites is 2. The van der Waals surface area contributed by atoms with Crippen molar-refractivity contribution in [2.45, 2.75) is 90.9 Å². The van der Waals surface area contributed by atoms with Crippen molar-refractivity contribution >= 4 is 39.7 Å². The Morgan fingerprint density at radius 3 is 1.78 bits per heavy atom. The van der Waals surface area contributed by atoms with Crippen LogP contribution in [0.25, 0.3) is 16.7 Å². The maximum absolute atomic E-state index is 3.91. The summed E-state index contributed by atoms with van der Waals surface area (Å²) in [5.74, 6) is 0. The smallest absolute Gasteiger partial charge is 0.0543 e. The number of hydrogen-bond donors (Lipinski definition) is 0. The van der Waals surface area contributed by atoms with E-state index in [0.29, 0.717) is 0 Å². The second kappa shape index (κ2) is 13.1. The van der Waals surface area contributed by atoms with Crippen LogP contribution in [0.1, 0.15) is 108 Å². The first kappa shape index (κ1) is 37.7. The van der Waals surface area contributed by atoms with Gasteiger partial charge in [0.25, 0.3) is 0 Å². The Morgan fingerprint density at radius 2 is 1.12 bits per heavy atom. The van der Waals surface area contributed by atoms with Gasteiger partial charge in [-0.05, 0) is 128 Å². The van der Waals surface area contributed by atoms with Crippen LogP contribution in [-0.4, -0.2) is 0 Å². The molecule has 2 nitrogen and oxygen atoms in total. The molecular formula is C56H56N2. The molecule has 2 heteroatoms. The van der Waals surface area contributed by atoms with E-state index in [9.17, 15) is 0 Å². The largest absolute Gasteiger partial charge is 0.310 e. The molecule has 0 aromatic heterocycles. The van der Waals surface area contributed by atoms with Crippen LogP contribution < -0.4 is 9.80 Å². The molecule has 0 fully saturated rings. The molecule has 6 aromatic carbocycles. The monoisotopic (exact) mass is 756 g/mol. The van der Waals surface area contributed by atoms with E-state index in [-0.39, 0.29) is 21.7 Å². The lowest BCUT2D eigenvalue weighted by atomic mass is 9.66. The summed E-state index contributed by atoms with van der Waals surface area (Å²) in [6.45, 7) is 27.2. The summed E-state index contributed by atoms with van der Waals surface area (Å²) >= 11 is 0. The minimum atomic E-state index is -0.225. The molecule has 0 saturated heterocycles. The fourth-order valence-corrected chi connectivity index (χ4v) is 10.2. The van der Waals surface area contributed by atoms with Crippen molar-refractivity contribution in [3.63, 3.8) is 0 Å². The predicted octanol–water partition coefficient (Wildman–Crippen LogP) is 15.7. The number of benzene rings is 6.